The van der Waals surface area contributed by atoms with E-state index in [-0.39, 0.29) is 0 Å². The van der Waals surface area contributed by atoms with Gasteiger partial charge in [0.1, 0.15) is 16.5 Å². The van der Waals surface area contributed by atoms with Gasteiger partial charge in [-0.25, -0.2) is 0 Å². The number of ether oxygens (including phenoxy) is 2. The molecule has 7 heteroatoms. The summed E-state index contributed by atoms with van der Waals surface area (Å²) in [6, 6.07) is 5.64. The lowest BCUT2D eigenvalue weighted by atomic mass is 9.93. The molecule has 1 fully saturated rings. The Kier molecular flexibility index (Phi) is 3.53. The SMILES string of the molecule is COC1(c2noc(-c3ccc(C#N)s3)n2)CCOCC1. The molecule has 1 aliphatic rings. The Balaban J connectivity index is 1.91. The molecule has 0 amide bonds. The van der Waals surface area contributed by atoms with Gasteiger partial charge in [0.05, 0.1) is 4.88 Å². The average Bonchev–Trinajstić information content (AvgIpc) is 3.16. The van der Waals surface area contributed by atoms with E-state index in [1.807, 2.05) is 6.07 Å². The molecule has 2 aromatic heterocycles. The van der Waals surface area contributed by atoms with Crippen molar-refractivity contribution in [1.29, 1.82) is 5.26 Å². The highest BCUT2D eigenvalue weighted by atomic mass is 32.1. The van der Waals surface area contributed by atoms with Crippen LogP contribution in [0.25, 0.3) is 10.8 Å². The monoisotopic (exact) mass is 291 g/mol. The molecule has 0 spiro atoms. The zero-order chi connectivity index (χ0) is 14.0. The van der Waals surface area contributed by atoms with E-state index in [4.69, 9.17) is 19.3 Å². The standard InChI is InChI=1S/C13H13N3O3S/c1-17-13(4-6-18-7-5-13)12-15-11(19-16-12)10-3-2-9(8-14)20-10/h2-3H,4-7H2,1H3. The van der Waals surface area contributed by atoms with Gasteiger partial charge in [-0.05, 0) is 12.1 Å². The number of nitriles is 1. The van der Waals surface area contributed by atoms with E-state index in [0.717, 1.165) is 4.88 Å². The van der Waals surface area contributed by atoms with Crippen molar-refractivity contribution in [3.05, 3.63) is 22.8 Å². The van der Waals surface area contributed by atoms with E-state index in [2.05, 4.69) is 16.2 Å². The van der Waals surface area contributed by atoms with Crippen LogP contribution >= 0.6 is 11.3 Å². The fourth-order valence-corrected chi connectivity index (χ4v) is 2.97. The molecule has 0 aromatic carbocycles. The van der Waals surface area contributed by atoms with Crippen molar-refractivity contribution in [2.45, 2.75) is 18.4 Å². The van der Waals surface area contributed by atoms with E-state index in [9.17, 15) is 0 Å². The van der Waals surface area contributed by atoms with Crippen LogP contribution in [0.15, 0.2) is 16.7 Å². The average molecular weight is 291 g/mol. The summed E-state index contributed by atoms with van der Waals surface area (Å²) in [5.41, 5.74) is -0.532. The van der Waals surface area contributed by atoms with Crippen LogP contribution in [-0.2, 0) is 15.1 Å². The number of nitrogens with zero attached hydrogens (tertiary/aromatic N) is 3. The van der Waals surface area contributed by atoms with E-state index in [1.54, 1.807) is 13.2 Å². The zero-order valence-electron chi connectivity index (χ0n) is 11.0. The van der Waals surface area contributed by atoms with Gasteiger partial charge in [-0.15, -0.1) is 11.3 Å². The lowest BCUT2D eigenvalue weighted by Crippen LogP contribution is -2.36. The summed E-state index contributed by atoms with van der Waals surface area (Å²) in [6.45, 7) is 1.24. The van der Waals surface area contributed by atoms with Gasteiger partial charge in [-0.3, -0.25) is 0 Å². The third-order valence-corrected chi connectivity index (χ3v) is 4.43. The molecule has 0 N–H and O–H groups in total. The fourth-order valence-electron chi connectivity index (χ4n) is 2.24. The summed E-state index contributed by atoms with van der Waals surface area (Å²) < 4.78 is 16.3. The topological polar surface area (TPSA) is 81.2 Å². The number of rotatable bonds is 3. The van der Waals surface area contributed by atoms with Crippen molar-refractivity contribution in [2.24, 2.45) is 0 Å². The van der Waals surface area contributed by atoms with Gasteiger partial charge >= 0.3 is 0 Å². The first-order valence-corrected chi connectivity index (χ1v) is 7.06. The van der Waals surface area contributed by atoms with Crippen LogP contribution in [0.5, 0.6) is 0 Å². The lowest BCUT2D eigenvalue weighted by Gasteiger charge is -2.32. The van der Waals surface area contributed by atoms with Crippen LogP contribution in [0.4, 0.5) is 0 Å². The van der Waals surface area contributed by atoms with Gasteiger partial charge in [-0.1, -0.05) is 5.16 Å². The molecule has 0 atom stereocenters. The van der Waals surface area contributed by atoms with Crippen LogP contribution in [0.1, 0.15) is 23.5 Å². The molecule has 1 aliphatic heterocycles. The van der Waals surface area contributed by atoms with Crippen LogP contribution in [-0.4, -0.2) is 30.5 Å². The maximum atomic E-state index is 8.85. The summed E-state index contributed by atoms with van der Waals surface area (Å²) in [5, 5.41) is 12.9. The minimum absolute atomic E-state index is 0.425. The predicted octanol–water partition coefficient (Wildman–Crippen LogP) is 2.32. The highest BCUT2D eigenvalue weighted by molar-refractivity contribution is 7.15. The third-order valence-electron chi connectivity index (χ3n) is 3.45. The van der Waals surface area contributed by atoms with Crippen LogP contribution in [0, 0.1) is 11.3 Å². The second-order valence-electron chi connectivity index (χ2n) is 4.51. The largest absolute Gasteiger partial charge is 0.381 e. The Morgan fingerprint density at radius 2 is 2.20 bits per heavy atom. The van der Waals surface area contributed by atoms with Gasteiger partial charge in [0.25, 0.3) is 5.89 Å². The predicted molar refractivity (Wildman–Crippen MR) is 71.1 cm³/mol. The zero-order valence-corrected chi connectivity index (χ0v) is 11.8. The molecule has 0 aliphatic carbocycles. The molecule has 1 saturated heterocycles. The van der Waals surface area contributed by atoms with Crippen molar-refractivity contribution in [2.75, 3.05) is 20.3 Å². The van der Waals surface area contributed by atoms with Crippen molar-refractivity contribution in [3.8, 4) is 16.8 Å². The highest BCUT2D eigenvalue weighted by Gasteiger charge is 2.39. The minimum atomic E-state index is -0.532. The lowest BCUT2D eigenvalue weighted by molar-refractivity contribution is -0.101. The first-order chi connectivity index (χ1) is 9.77. The van der Waals surface area contributed by atoms with Crippen molar-refractivity contribution in [1.82, 2.24) is 10.1 Å². The second-order valence-corrected chi connectivity index (χ2v) is 5.59. The van der Waals surface area contributed by atoms with Gasteiger partial charge in [-0.2, -0.15) is 10.2 Å². The number of thiophene rings is 1. The number of methoxy groups -OCH3 is 1. The molecule has 3 rings (SSSR count). The van der Waals surface area contributed by atoms with E-state index in [1.165, 1.54) is 11.3 Å². The van der Waals surface area contributed by atoms with Gasteiger partial charge in [0.2, 0.25) is 5.82 Å². The Bertz CT molecular complexity index is 637. The summed E-state index contributed by atoms with van der Waals surface area (Å²) in [6.07, 6.45) is 1.41. The molecule has 104 valence electrons. The Morgan fingerprint density at radius 1 is 1.40 bits per heavy atom. The van der Waals surface area contributed by atoms with Crippen LogP contribution in [0.3, 0.4) is 0 Å². The minimum Gasteiger partial charge on any atom is -0.381 e. The van der Waals surface area contributed by atoms with Crippen LogP contribution < -0.4 is 0 Å². The number of aromatic nitrogens is 2. The Morgan fingerprint density at radius 3 is 2.85 bits per heavy atom. The maximum Gasteiger partial charge on any atom is 0.268 e. The maximum absolute atomic E-state index is 8.85. The van der Waals surface area contributed by atoms with E-state index in [0.29, 0.717) is 42.6 Å². The molecular formula is C13H13N3O3S. The molecule has 0 saturated carbocycles. The van der Waals surface area contributed by atoms with E-state index < -0.39 is 5.60 Å². The molecular weight excluding hydrogens is 278 g/mol. The molecule has 6 nitrogen and oxygen atoms in total. The second kappa shape index (κ2) is 5.32. The first kappa shape index (κ1) is 13.2. The quantitative estimate of drug-likeness (QED) is 0.863. The van der Waals surface area contributed by atoms with Gasteiger partial charge in [0, 0.05) is 33.2 Å². The van der Waals surface area contributed by atoms with E-state index >= 15 is 0 Å². The number of hydrogen-bond acceptors (Lipinski definition) is 7. The highest BCUT2D eigenvalue weighted by Crippen LogP contribution is 2.35. The summed E-state index contributed by atoms with van der Waals surface area (Å²) in [7, 11) is 1.65. The number of hydrogen-bond donors (Lipinski definition) is 0. The summed E-state index contributed by atoms with van der Waals surface area (Å²) >= 11 is 1.33. The Hall–Kier alpha value is -1.75. The third kappa shape index (κ3) is 2.22. The molecule has 0 radical (unpaired) electrons. The summed E-state index contributed by atoms with van der Waals surface area (Å²) in [4.78, 5) is 5.85. The van der Waals surface area contributed by atoms with Crippen molar-refractivity contribution < 1.29 is 14.0 Å². The van der Waals surface area contributed by atoms with Crippen molar-refractivity contribution >= 4 is 11.3 Å². The van der Waals surface area contributed by atoms with Gasteiger partial charge in [0.15, 0.2) is 0 Å². The van der Waals surface area contributed by atoms with Crippen LogP contribution in [0.2, 0.25) is 0 Å². The molecule has 2 aromatic rings. The van der Waals surface area contributed by atoms with Gasteiger partial charge < -0.3 is 14.0 Å². The summed E-state index contributed by atoms with van der Waals surface area (Å²) in [5.74, 6) is 0.972. The molecule has 0 unspecified atom stereocenters. The fraction of sp³-hybridized carbons (Fsp3) is 0.462. The molecule has 3 heterocycles. The molecule has 20 heavy (non-hydrogen) atoms. The smallest absolute Gasteiger partial charge is 0.268 e. The Labute approximate surface area is 119 Å². The van der Waals surface area contributed by atoms with Crippen molar-refractivity contribution in [3.63, 3.8) is 0 Å². The first-order valence-electron chi connectivity index (χ1n) is 6.25. The molecule has 0 bridgehead atoms. The normalized spacial score (nSPS) is 17.8.